The Morgan fingerprint density at radius 3 is 2.80 bits per heavy atom. The molecule has 0 aliphatic carbocycles. The normalized spacial score (nSPS) is 10.9. The zero-order valence-corrected chi connectivity index (χ0v) is 17.4. The molecule has 0 saturated heterocycles. The zero-order valence-electron chi connectivity index (χ0n) is 16.6. The molecule has 0 aliphatic heterocycles. The van der Waals surface area contributed by atoms with Crippen LogP contribution in [-0.4, -0.2) is 20.4 Å². The summed E-state index contributed by atoms with van der Waals surface area (Å²) < 4.78 is 7.11. The Bertz CT molecular complexity index is 1260. The molecule has 30 heavy (non-hydrogen) atoms. The maximum atomic E-state index is 12.7. The number of hydrogen-bond acceptors (Lipinski definition) is 6. The summed E-state index contributed by atoms with van der Waals surface area (Å²) in [4.78, 5) is 35.3. The Morgan fingerprint density at radius 1 is 1.20 bits per heavy atom. The average Bonchev–Trinajstić information content (AvgIpc) is 3.04. The number of amides is 1. The van der Waals surface area contributed by atoms with Gasteiger partial charge < -0.3 is 10.1 Å². The van der Waals surface area contributed by atoms with E-state index >= 15 is 0 Å². The van der Waals surface area contributed by atoms with Crippen molar-refractivity contribution in [2.45, 2.75) is 27.0 Å². The summed E-state index contributed by atoms with van der Waals surface area (Å²) in [6, 6.07) is 10.9. The number of nitrogens with one attached hydrogen (secondary N) is 1. The molecule has 0 atom stereocenters. The monoisotopic (exact) mass is 420 g/mol. The summed E-state index contributed by atoms with van der Waals surface area (Å²) in [5.74, 6) is 0.323. The molecule has 1 aromatic carbocycles. The summed E-state index contributed by atoms with van der Waals surface area (Å²) in [6.07, 6.45) is 4.85. The van der Waals surface area contributed by atoms with Gasteiger partial charge in [0.2, 0.25) is 5.91 Å². The van der Waals surface area contributed by atoms with Crippen molar-refractivity contribution in [2.24, 2.45) is 0 Å². The number of rotatable bonds is 6. The summed E-state index contributed by atoms with van der Waals surface area (Å²) in [6.45, 7) is 4.15. The molecule has 4 rings (SSSR count). The van der Waals surface area contributed by atoms with Crippen LogP contribution in [0.4, 0.5) is 5.69 Å². The number of carbonyl (C=O) groups is 1. The third-order valence-electron chi connectivity index (χ3n) is 4.74. The lowest BCUT2D eigenvalue weighted by atomic mass is 10.2. The number of nitrogens with zero attached hydrogens (tertiary/aromatic N) is 3. The van der Waals surface area contributed by atoms with Crippen LogP contribution in [0.2, 0.25) is 0 Å². The highest BCUT2D eigenvalue weighted by Gasteiger charge is 2.14. The predicted octanol–water partition coefficient (Wildman–Crippen LogP) is 3.69. The Kier molecular flexibility index (Phi) is 5.58. The van der Waals surface area contributed by atoms with Crippen LogP contribution in [0.25, 0.3) is 10.2 Å². The van der Waals surface area contributed by atoms with Crippen LogP contribution in [0.1, 0.15) is 16.0 Å². The number of carbonyl (C=O) groups excluding carboxylic acids is 1. The molecule has 4 aromatic rings. The topological polar surface area (TPSA) is 86.1 Å². The van der Waals surface area contributed by atoms with Gasteiger partial charge in [-0.05, 0) is 49.2 Å². The maximum absolute atomic E-state index is 12.7. The molecule has 1 N–H and O–H groups in total. The van der Waals surface area contributed by atoms with Gasteiger partial charge in [-0.25, -0.2) is 4.98 Å². The molecule has 0 radical (unpaired) electrons. The second kappa shape index (κ2) is 8.46. The van der Waals surface area contributed by atoms with Gasteiger partial charge in [0.05, 0.1) is 11.7 Å². The van der Waals surface area contributed by atoms with Crippen LogP contribution < -0.4 is 15.6 Å². The van der Waals surface area contributed by atoms with E-state index in [1.807, 2.05) is 32.0 Å². The van der Waals surface area contributed by atoms with Crippen LogP contribution >= 0.6 is 11.3 Å². The Balaban J connectivity index is 1.44. The minimum Gasteiger partial charge on any atom is -0.489 e. The van der Waals surface area contributed by atoms with E-state index in [9.17, 15) is 9.59 Å². The lowest BCUT2D eigenvalue weighted by Crippen LogP contribution is -2.27. The standard InChI is InChI=1S/C22H20N4O3S/c1-14-15(2)30-21-20(14)22(28)26(13-24-21)11-19(27)25-17-4-3-5-18(10-17)29-12-16-6-8-23-9-7-16/h3-10,13H,11-12H2,1-2H3,(H,25,27). The van der Waals surface area contributed by atoms with Crippen LogP contribution in [-0.2, 0) is 17.9 Å². The molecular formula is C22H20N4O3S. The molecular weight excluding hydrogens is 400 g/mol. The van der Waals surface area contributed by atoms with Gasteiger partial charge in [-0.1, -0.05) is 6.07 Å². The number of ether oxygens (including phenoxy) is 1. The minimum atomic E-state index is -0.311. The molecule has 1 amide bonds. The van der Waals surface area contributed by atoms with Crippen molar-refractivity contribution in [2.75, 3.05) is 5.32 Å². The second-order valence-electron chi connectivity index (χ2n) is 6.86. The SMILES string of the molecule is Cc1sc2ncn(CC(=O)Nc3cccc(OCc4ccncc4)c3)c(=O)c2c1C. The maximum Gasteiger partial charge on any atom is 0.262 e. The minimum absolute atomic E-state index is 0.113. The first kappa shape index (κ1) is 19.8. The number of benzene rings is 1. The number of pyridine rings is 1. The van der Waals surface area contributed by atoms with E-state index in [0.29, 0.717) is 28.3 Å². The molecule has 0 fully saturated rings. The number of anilines is 1. The predicted molar refractivity (Wildman–Crippen MR) is 117 cm³/mol. The number of aromatic nitrogens is 3. The van der Waals surface area contributed by atoms with Gasteiger partial charge in [0.25, 0.3) is 5.56 Å². The van der Waals surface area contributed by atoms with Gasteiger partial charge >= 0.3 is 0 Å². The van der Waals surface area contributed by atoms with E-state index < -0.39 is 0 Å². The third kappa shape index (κ3) is 4.23. The third-order valence-corrected chi connectivity index (χ3v) is 5.86. The van der Waals surface area contributed by atoms with Gasteiger partial charge in [0.1, 0.15) is 23.7 Å². The van der Waals surface area contributed by atoms with E-state index in [1.165, 1.54) is 22.2 Å². The lowest BCUT2D eigenvalue weighted by molar-refractivity contribution is -0.116. The van der Waals surface area contributed by atoms with E-state index in [0.717, 1.165) is 16.0 Å². The molecule has 0 saturated carbocycles. The van der Waals surface area contributed by atoms with Crippen molar-refractivity contribution in [1.82, 2.24) is 14.5 Å². The zero-order chi connectivity index (χ0) is 21.1. The van der Waals surface area contributed by atoms with Crippen molar-refractivity contribution in [3.8, 4) is 5.75 Å². The molecule has 0 unspecified atom stereocenters. The lowest BCUT2D eigenvalue weighted by Gasteiger charge is -2.10. The van der Waals surface area contributed by atoms with E-state index in [1.54, 1.807) is 30.6 Å². The first-order chi connectivity index (χ1) is 14.5. The molecule has 152 valence electrons. The van der Waals surface area contributed by atoms with Gasteiger partial charge in [-0.15, -0.1) is 11.3 Å². The molecule has 3 aromatic heterocycles. The fraction of sp³-hybridized carbons (Fsp3) is 0.182. The fourth-order valence-electron chi connectivity index (χ4n) is 3.05. The average molecular weight is 420 g/mol. The van der Waals surface area contributed by atoms with Gasteiger partial charge in [-0.2, -0.15) is 0 Å². The van der Waals surface area contributed by atoms with Gasteiger partial charge in [-0.3, -0.25) is 19.1 Å². The fourth-order valence-corrected chi connectivity index (χ4v) is 4.03. The second-order valence-corrected chi connectivity index (χ2v) is 8.06. The molecule has 0 bridgehead atoms. The van der Waals surface area contributed by atoms with Crippen molar-refractivity contribution in [3.05, 3.63) is 81.5 Å². The molecule has 3 heterocycles. The number of aryl methyl sites for hydroxylation is 2. The largest absolute Gasteiger partial charge is 0.489 e. The van der Waals surface area contributed by atoms with Crippen LogP contribution in [0.15, 0.2) is 59.9 Å². The molecule has 7 nitrogen and oxygen atoms in total. The van der Waals surface area contributed by atoms with Crippen molar-refractivity contribution >= 4 is 33.1 Å². The highest BCUT2D eigenvalue weighted by molar-refractivity contribution is 7.18. The smallest absolute Gasteiger partial charge is 0.262 e. The van der Waals surface area contributed by atoms with Crippen LogP contribution in [0.5, 0.6) is 5.75 Å². The van der Waals surface area contributed by atoms with Crippen molar-refractivity contribution in [1.29, 1.82) is 0 Å². The van der Waals surface area contributed by atoms with Gasteiger partial charge in [0.15, 0.2) is 0 Å². The highest BCUT2D eigenvalue weighted by atomic mass is 32.1. The number of fused-ring (bicyclic) bond motifs is 1. The molecule has 0 aliphatic rings. The molecule has 0 spiro atoms. The summed E-state index contributed by atoms with van der Waals surface area (Å²) in [7, 11) is 0. The van der Waals surface area contributed by atoms with Crippen LogP contribution in [0, 0.1) is 13.8 Å². The van der Waals surface area contributed by atoms with Crippen LogP contribution in [0.3, 0.4) is 0 Å². The summed E-state index contributed by atoms with van der Waals surface area (Å²) >= 11 is 1.49. The highest BCUT2D eigenvalue weighted by Crippen LogP contribution is 2.25. The number of hydrogen-bond donors (Lipinski definition) is 1. The van der Waals surface area contributed by atoms with Crippen molar-refractivity contribution in [3.63, 3.8) is 0 Å². The Hall–Kier alpha value is -3.52. The van der Waals surface area contributed by atoms with E-state index in [2.05, 4.69) is 15.3 Å². The Labute approximate surface area is 177 Å². The van der Waals surface area contributed by atoms with Crippen molar-refractivity contribution < 1.29 is 9.53 Å². The quantitative estimate of drug-likeness (QED) is 0.514. The first-order valence-corrected chi connectivity index (χ1v) is 10.2. The molecule has 8 heteroatoms. The summed E-state index contributed by atoms with van der Waals surface area (Å²) in [5, 5.41) is 3.39. The Morgan fingerprint density at radius 2 is 2.00 bits per heavy atom. The first-order valence-electron chi connectivity index (χ1n) is 9.38. The number of thiophene rings is 1. The van der Waals surface area contributed by atoms with E-state index in [-0.39, 0.29) is 18.0 Å². The summed E-state index contributed by atoms with van der Waals surface area (Å²) in [5.41, 5.74) is 2.31. The van der Waals surface area contributed by atoms with Gasteiger partial charge in [0, 0.05) is 29.0 Å². The van der Waals surface area contributed by atoms with E-state index in [4.69, 9.17) is 4.74 Å².